The molecule has 10 nitrogen and oxygen atoms in total. The van der Waals surface area contributed by atoms with Crippen LogP contribution in [0.3, 0.4) is 0 Å². The summed E-state index contributed by atoms with van der Waals surface area (Å²) in [6.45, 7) is 9.08. The normalized spacial score (nSPS) is 13.9. The van der Waals surface area contributed by atoms with Gasteiger partial charge >= 0.3 is 0 Å². The summed E-state index contributed by atoms with van der Waals surface area (Å²) >= 11 is 0. The molecule has 4 aromatic rings. The summed E-state index contributed by atoms with van der Waals surface area (Å²) in [5, 5.41) is 6.88. The van der Waals surface area contributed by atoms with Gasteiger partial charge in [-0.2, -0.15) is 0 Å². The Morgan fingerprint density at radius 2 is 1.95 bits per heavy atom. The number of benzene rings is 1. The van der Waals surface area contributed by atoms with Crippen molar-refractivity contribution in [3.05, 3.63) is 73.7 Å². The number of piperazine rings is 1. The number of nitrogens with one attached hydrogen (secondary N) is 2. The fraction of sp³-hybridized carbons (Fsp3) is 0.250. The van der Waals surface area contributed by atoms with Gasteiger partial charge in [0, 0.05) is 63.2 Å². The van der Waals surface area contributed by atoms with E-state index >= 15 is 0 Å². The zero-order valence-electron chi connectivity index (χ0n) is 21.3. The molecule has 0 atom stereocenters. The second kappa shape index (κ2) is 11.8. The molecule has 194 valence electrons. The predicted molar refractivity (Wildman–Crippen MR) is 150 cm³/mol. The summed E-state index contributed by atoms with van der Waals surface area (Å²) in [5.74, 6) is 1.56. The van der Waals surface area contributed by atoms with E-state index in [0.717, 1.165) is 72.9 Å². The molecule has 4 heterocycles. The molecule has 0 radical (unpaired) electrons. The quantitative estimate of drug-likeness (QED) is 0.326. The Labute approximate surface area is 221 Å². The largest absolute Gasteiger partial charge is 0.383 e. The fourth-order valence-corrected chi connectivity index (χ4v) is 4.39. The fourth-order valence-electron chi connectivity index (χ4n) is 4.39. The van der Waals surface area contributed by atoms with Crippen LogP contribution in [0.15, 0.2) is 73.7 Å². The van der Waals surface area contributed by atoms with Gasteiger partial charge in [-0.25, -0.2) is 19.9 Å². The van der Waals surface area contributed by atoms with Crippen molar-refractivity contribution >= 4 is 40.1 Å². The monoisotopic (exact) mass is 510 g/mol. The highest BCUT2D eigenvalue weighted by Crippen LogP contribution is 2.29. The first-order valence-electron chi connectivity index (χ1n) is 12.5. The maximum Gasteiger partial charge on any atom is 0.248 e. The third-order valence-corrected chi connectivity index (χ3v) is 6.43. The number of fused-ring (bicyclic) bond motifs is 1. The van der Waals surface area contributed by atoms with E-state index in [4.69, 9.17) is 9.72 Å². The van der Waals surface area contributed by atoms with Crippen molar-refractivity contribution in [2.45, 2.75) is 0 Å². The number of amides is 1. The molecule has 0 spiro atoms. The lowest BCUT2D eigenvalue weighted by molar-refractivity contribution is -0.111. The Kier molecular flexibility index (Phi) is 7.81. The Morgan fingerprint density at radius 3 is 2.71 bits per heavy atom. The summed E-state index contributed by atoms with van der Waals surface area (Å²) in [7, 11) is 1.74. The zero-order valence-corrected chi connectivity index (χ0v) is 21.3. The van der Waals surface area contributed by atoms with Gasteiger partial charge in [0.2, 0.25) is 11.9 Å². The van der Waals surface area contributed by atoms with Gasteiger partial charge in [-0.15, -0.1) is 0 Å². The lowest BCUT2D eigenvalue weighted by Gasteiger charge is -2.35. The van der Waals surface area contributed by atoms with Crippen LogP contribution in [0.5, 0.6) is 0 Å². The van der Waals surface area contributed by atoms with Gasteiger partial charge in [-0.3, -0.25) is 9.69 Å². The van der Waals surface area contributed by atoms with Crippen LogP contribution < -0.4 is 15.5 Å². The molecule has 1 aromatic carbocycles. The molecule has 1 aliphatic rings. The first kappa shape index (κ1) is 25.2. The summed E-state index contributed by atoms with van der Waals surface area (Å²) < 4.78 is 5.19. The van der Waals surface area contributed by atoms with Crippen LogP contribution in [0.1, 0.15) is 0 Å². The highest BCUT2D eigenvalue weighted by atomic mass is 16.5. The smallest absolute Gasteiger partial charge is 0.248 e. The average molecular weight is 511 g/mol. The van der Waals surface area contributed by atoms with Crippen molar-refractivity contribution in [1.82, 2.24) is 24.8 Å². The molecule has 5 rings (SSSR count). The van der Waals surface area contributed by atoms with E-state index in [1.807, 2.05) is 48.7 Å². The van der Waals surface area contributed by atoms with E-state index < -0.39 is 0 Å². The Bertz CT molecular complexity index is 1420. The van der Waals surface area contributed by atoms with Gasteiger partial charge in [0.25, 0.3) is 0 Å². The number of anilines is 4. The maximum atomic E-state index is 11.7. The van der Waals surface area contributed by atoms with Gasteiger partial charge in [0.05, 0.1) is 24.0 Å². The van der Waals surface area contributed by atoms with Crippen molar-refractivity contribution in [2.24, 2.45) is 0 Å². The van der Waals surface area contributed by atoms with Gasteiger partial charge < -0.3 is 20.3 Å². The molecule has 0 saturated carbocycles. The molecule has 1 amide bonds. The number of ether oxygens (including phenoxy) is 1. The van der Waals surface area contributed by atoms with Crippen LogP contribution in [0, 0.1) is 0 Å². The van der Waals surface area contributed by atoms with E-state index in [0.29, 0.717) is 11.8 Å². The van der Waals surface area contributed by atoms with Crippen molar-refractivity contribution in [2.75, 3.05) is 62.0 Å². The molecular formula is C28H30N8O2. The summed E-state index contributed by atoms with van der Waals surface area (Å²) in [4.78, 5) is 34.6. The minimum Gasteiger partial charge on any atom is -0.383 e. The molecule has 38 heavy (non-hydrogen) atoms. The standard InChI is InChI=1S/C28H30N8O2/c1-3-26(37)33-24-17-20(9-10-29-24)23-6-4-5-21-18-31-28(34-27(21)23)32-22-7-8-25(30-19-22)36-13-11-35(12-14-36)15-16-38-2/h3-10,17-19H,1,11-16H2,2H3,(H,29,33,37)(H,31,32,34). The molecule has 2 N–H and O–H groups in total. The van der Waals surface area contributed by atoms with Gasteiger partial charge in [0.15, 0.2) is 0 Å². The number of carbonyl (C=O) groups is 1. The summed E-state index contributed by atoms with van der Waals surface area (Å²) in [5.41, 5.74) is 3.38. The number of para-hydroxylation sites is 1. The SMILES string of the molecule is C=CC(=O)Nc1cc(-c2cccc3cnc(Nc4ccc(N5CCN(CCOC)CC5)nc4)nc23)ccn1. The van der Waals surface area contributed by atoms with Gasteiger partial charge in [-0.1, -0.05) is 24.8 Å². The highest BCUT2D eigenvalue weighted by molar-refractivity contribution is 5.99. The molecular weight excluding hydrogens is 480 g/mol. The zero-order chi connectivity index (χ0) is 26.3. The van der Waals surface area contributed by atoms with E-state index in [2.05, 4.69) is 42.0 Å². The minimum atomic E-state index is -0.314. The lowest BCUT2D eigenvalue weighted by Crippen LogP contribution is -2.47. The number of rotatable bonds is 9. The molecule has 1 saturated heterocycles. The topological polar surface area (TPSA) is 108 Å². The van der Waals surface area contributed by atoms with Crippen LogP contribution in [0.4, 0.5) is 23.3 Å². The number of carbonyl (C=O) groups excluding carboxylic acids is 1. The molecule has 3 aromatic heterocycles. The molecule has 0 aliphatic carbocycles. The number of aromatic nitrogens is 4. The Balaban J connectivity index is 1.31. The van der Waals surface area contributed by atoms with E-state index in [9.17, 15) is 4.79 Å². The van der Waals surface area contributed by atoms with Gasteiger partial charge in [0.1, 0.15) is 11.6 Å². The second-order valence-electron chi connectivity index (χ2n) is 8.91. The number of methoxy groups -OCH3 is 1. The Morgan fingerprint density at radius 1 is 1.08 bits per heavy atom. The first-order valence-corrected chi connectivity index (χ1v) is 12.5. The molecule has 1 fully saturated rings. The van der Waals surface area contributed by atoms with Crippen LogP contribution in [-0.4, -0.2) is 77.2 Å². The molecule has 10 heteroatoms. The third kappa shape index (κ3) is 5.93. The molecule has 1 aliphatic heterocycles. The van der Waals surface area contributed by atoms with Crippen molar-refractivity contribution in [1.29, 1.82) is 0 Å². The van der Waals surface area contributed by atoms with Crippen LogP contribution >= 0.6 is 0 Å². The number of hydrogen-bond donors (Lipinski definition) is 2. The third-order valence-electron chi connectivity index (χ3n) is 6.43. The average Bonchev–Trinajstić information content (AvgIpc) is 2.96. The predicted octanol–water partition coefficient (Wildman–Crippen LogP) is 3.72. The first-order chi connectivity index (χ1) is 18.6. The van der Waals surface area contributed by atoms with Crippen LogP contribution in [0.25, 0.3) is 22.0 Å². The number of pyridine rings is 2. The van der Waals surface area contributed by atoms with Gasteiger partial charge in [-0.05, 0) is 35.9 Å². The Hall–Kier alpha value is -4.41. The second-order valence-corrected chi connectivity index (χ2v) is 8.91. The minimum absolute atomic E-state index is 0.314. The van der Waals surface area contributed by atoms with Crippen molar-refractivity contribution < 1.29 is 9.53 Å². The van der Waals surface area contributed by atoms with E-state index in [1.54, 1.807) is 19.5 Å². The molecule has 0 unspecified atom stereocenters. The summed E-state index contributed by atoms with van der Waals surface area (Å²) in [6, 6.07) is 13.6. The summed E-state index contributed by atoms with van der Waals surface area (Å²) in [6.07, 6.45) is 6.47. The van der Waals surface area contributed by atoms with Crippen LogP contribution in [-0.2, 0) is 9.53 Å². The number of hydrogen-bond acceptors (Lipinski definition) is 9. The molecule has 0 bridgehead atoms. The van der Waals surface area contributed by atoms with Crippen molar-refractivity contribution in [3.8, 4) is 11.1 Å². The highest BCUT2D eigenvalue weighted by Gasteiger charge is 2.17. The maximum absolute atomic E-state index is 11.7. The van der Waals surface area contributed by atoms with Crippen LogP contribution in [0.2, 0.25) is 0 Å². The van der Waals surface area contributed by atoms with Crippen molar-refractivity contribution in [3.63, 3.8) is 0 Å². The lowest BCUT2D eigenvalue weighted by atomic mass is 10.0. The van der Waals surface area contributed by atoms with E-state index in [-0.39, 0.29) is 5.91 Å². The van der Waals surface area contributed by atoms with E-state index in [1.165, 1.54) is 6.08 Å². The number of nitrogens with zero attached hydrogens (tertiary/aromatic N) is 6.